The zero-order chi connectivity index (χ0) is 17.2. The number of benzene rings is 1. The van der Waals surface area contributed by atoms with E-state index in [9.17, 15) is 14.0 Å². The van der Waals surface area contributed by atoms with Gasteiger partial charge in [-0.3, -0.25) is 9.59 Å². The van der Waals surface area contributed by atoms with E-state index in [1.807, 2.05) is 9.80 Å². The summed E-state index contributed by atoms with van der Waals surface area (Å²) in [6.45, 7) is 4.16. The Hall–Kier alpha value is -1.91. The van der Waals surface area contributed by atoms with Crippen molar-refractivity contribution in [3.63, 3.8) is 0 Å². The van der Waals surface area contributed by atoms with E-state index >= 15 is 0 Å². The third-order valence-corrected chi connectivity index (χ3v) is 5.49. The van der Waals surface area contributed by atoms with Crippen LogP contribution in [0.4, 0.5) is 4.39 Å². The van der Waals surface area contributed by atoms with Gasteiger partial charge in [0.1, 0.15) is 5.82 Å². The third-order valence-electron chi connectivity index (χ3n) is 5.49. The quantitative estimate of drug-likeness (QED) is 0.835. The van der Waals surface area contributed by atoms with Crippen LogP contribution in [0.2, 0.25) is 0 Å². The number of rotatable bonds is 2. The highest BCUT2D eigenvalue weighted by atomic mass is 19.1. The van der Waals surface area contributed by atoms with Crippen LogP contribution >= 0.6 is 0 Å². The maximum Gasteiger partial charge on any atom is 0.233 e. The molecule has 0 bridgehead atoms. The monoisotopic (exact) mass is 332 g/mol. The van der Waals surface area contributed by atoms with Gasteiger partial charge < -0.3 is 9.80 Å². The van der Waals surface area contributed by atoms with Gasteiger partial charge in [0.15, 0.2) is 0 Å². The minimum atomic E-state index is -0.515. The van der Waals surface area contributed by atoms with Crippen molar-refractivity contribution in [3.05, 3.63) is 35.6 Å². The van der Waals surface area contributed by atoms with Crippen LogP contribution < -0.4 is 0 Å². The van der Waals surface area contributed by atoms with Gasteiger partial charge in [-0.05, 0) is 37.0 Å². The molecule has 2 fully saturated rings. The number of carbonyl (C=O) groups excluding carboxylic acids is 2. The zero-order valence-corrected chi connectivity index (χ0v) is 14.3. The van der Waals surface area contributed by atoms with Crippen LogP contribution in [-0.4, -0.2) is 47.8 Å². The van der Waals surface area contributed by atoms with Gasteiger partial charge in [-0.15, -0.1) is 0 Å². The van der Waals surface area contributed by atoms with E-state index in [1.165, 1.54) is 12.1 Å². The van der Waals surface area contributed by atoms with Crippen molar-refractivity contribution in [2.45, 2.75) is 44.4 Å². The van der Waals surface area contributed by atoms with Gasteiger partial charge in [-0.1, -0.05) is 25.0 Å². The highest BCUT2D eigenvalue weighted by molar-refractivity contribution is 5.88. The SMILES string of the molecule is CC(=O)N1CCCN(C(=O)C2(c3ccc(F)cc3)CCCC2)CC1. The van der Waals surface area contributed by atoms with Crippen molar-refractivity contribution >= 4 is 11.8 Å². The molecule has 2 amide bonds. The Morgan fingerprint density at radius 1 is 0.917 bits per heavy atom. The highest BCUT2D eigenvalue weighted by Crippen LogP contribution is 2.42. The van der Waals surface area contributed by atoms with E-state index < -0.39 is 5.41 Å². The van der Waals surface area contributed by atoms with E-state index in [0.717, 1.165) is 37.7 Å². The van der Waals surface area contributed by atoms with Crippen LogP contribution in [0.3, 0.4) is 0 Å². The topological polar surface area (TPSA) is 40.6 Å². The summed E-state index contributed by atoms with van der Waals surface area (Å²) in [5.41, 5.74) is 0.415. The molecule has 0 aromatic heterocycles. The molecule has 0 radical (unpaired) electrons. The smallest absolute Gasteiger partial charge is 0.233 e. The van der Waals surface area contributed by atoms with Crippen LogP contribution in [0.1, 0.15) is 44.6 Å². The number of hydrogen-bond donors (Lipinski definition) is 0. The van der Waals surface area contributed by atoms with Gasteiger partial charge in [0.05, 0.1) is 5.41 Å². The number of halogens is 1. The molecule has 3 rings (SSSR count). The number of nitrogens with zero attached hydrogens (tertiary/aromatic N) is 2. The van der Waals surface area contributed by atoms with E-state index in [2.05, 4.69) is 0 Å². The van der Waals surface area contributed by atoms with Gasteiger partial charge in [0.25, 0.3) is 0 Å². The molecule has 4 nitrogen and oxygen atoms in total. The number of amides is 2. The van der Waals surface area contributed by atoms with E-state index in [0.29, 0.717) is 26.2 Å². The molecule has 1 aromatic carbocycles. The second-order valence-electron chi connectivity index (χ2n) is 6.95. The normalized spacial score (nSPS) is 20.8. The summed E-state index contributed by atoms with van der Waals surface area (Å²) in [7, 11) is 0. The van der Waals surface area contributed by atoms with Crippen molar-refractivity contribution in [2.75, 3.05) is 26.2 Å². The van der Waals surface area contributed by atoms with Gasteiger partial charge in [0, 0.05) is 33.1 Å². The lowest BCUT2D eigenvalue weighted by Crippen LogP contribution is -2.47. The van der Waals surface area contributed by atoms with Crippen molar-refractivity contribution in [2.24, 2.45) is 0 Å². The molecule has 24 heavy (non-hydrogen) atoms. The van der Waals surface area contributed by atoms with E-state index in [1.54, 1.807) is 19.1 Å². The summed E-state index contributed by atoms with van der Waals surface area (Å²) in [5.74, 6) is -0.0540. The highest BCUT2D eigenvalue weighted by Gasteiger charge is 2.45. The lowest BCUT2D eigenvalue weighted by molar-refractivity contribution is -0.137. The van der Waals surface area contributed by atoms with Crippen molar-refractivity contribution in [1.29, 1.82) is 0 Å². The molecule has 1 saturated carbocycles. The summed E-state index contributed by atoms with van der Waals surface area (Å²) in [5, 5.41) is 0. The lowest BCUT2D eigenvalue weighted by Gasteiger charge is -2.34. The molecule has 130 valence electrons. The Morgan fingerprint density at radius 3 is 2.12 bits per heavy atom. The first-order valence-electron chi connectivity index (χ1n) is 8.84. The predicted octanol–water partition coefficient (Wildman–Crippen LogP) is 2.72. The van der Waals surface area contributed by atoms with Crippen LogP contribution in [0.15, 0.2) is 24.3 Å². The van der Waals surface area contributed by atoms with Gasteiger partial charge in [-0.25, -0.2) is 4.39 Å². The first kappa shape index (κ1) is 16.9. The Morgan fingerprint density at radius 2 is 1.50 bits per heavy atom. The number of hydrogen-bond acceptors (Lipinski definition) is 2. The van der Waals surface area contributed by atoms with Crippen molar-refractivity contribution in [1.82, 2.24) is 9.80 Å². The molecule has 0 unspecified atom stereocenters. The largest absolute Gasteiger partial charge is 0.341 e. The molecular weight excluding hydrogens is 307 g/mol. The second kappa shape index (κ2) is 6.91. The van der Waals surface area contributed by atoms with Crippen LogP contribution in [0, 0.1) is 5.82 Å². The Labute approximate surface area is 142 Å². The fourth-order valence-corrected chi connectivity index (χ4v) is 4.11. The standard InChI is InChI=1S/C19H25FN2O2/c1-15(23)21-11-4-12-22(14-13-21)18(24)19(9-2-3-10-19)16-5-7-17(20)8-6-16/h5-8H,2-4,9-14H2,1H3. The minimum Gasteiger partial charge on any atom is -0.341 e. The number of carbonyl (C=O) groups is 2. The van der Waals surface area contributed by atoms with Crippen LogP contribution in [0.25, 0.3) is 0 Å². The Bertz CT molecular complexity index is 608. The molecular formula is C19H25FN2O2. The molecule has 1 saturated heterocycles. The summed E-state index contributed by atoms with van der Waals surface area (Å²) in [6.07, 6.45) is 4.51. The molecule has 1 aromatic rings. The maximum atomic E-state index is 13.4. The Balaban J connectivity index is 1.82. The third kappa shape index (κ3) is 3.17. The first-order valence-corrected chi connectivity index (χ1v) is 8.84. The molecule has 5 heteroatoms. The average molecular weight is 332 g/mol. The maximum absolute atomic E-state index is 13.4. The summed E-state index contributed by atoms with van der Waals surface area (Å²) >= 11 is 0. The van der Waals surface area contributed by atoms with E-state index in [4.69, 9.17) is 0 Å². The summed E-state index contributed by atoms with van der Waals surface area (Å²) in [4.78, 5) is 28.7. The molecule has 0 spiro atoms. The molecule has 0 atom stereocenters. The van der Waals surface area contributed by atoms with Gasteiger partial charge in [0.2, 0.25) is 11.8 Å². The molecule has 1 aliphatic carbocycles. The second-order valence-corrected chi connectivity index (χ2v) is 6.95. The van der Waals surface area contributed by atoms with Gasteiger partial charge in [-0.2, -0.15) is 0 Å². The average Bonchev–Trinajstić information content (AvgIpc) is 2.93. The molecule has 1 heterocycles. The fourth-order valence-electron chi connectivity index (χ4n) is 4.11. The molecule has 0 N–H and O–H groups in total. The minimum absolute atomic E-state index is 0.0680. The van der Waals surface area contributed by atoms with Crippen LogP contribution in [-0.2, 0) is 15.0 Å². The van der Waals surface area contributed by atoms with Crippen molar-refractivity contribution < 1.29 is 14.0 Å². The predicted molar refractivity (Wildman–Crippen MR) is 90.0 cm³/mol. The lowest BCUT2D eigenvalue weighted by atomic mass is 9.77. The van der Waals surface area contributed by atoms with Gasteiger partial charge >= 0.3 is 0 Å². The zero-order valence-electron chi connectivity index (χ0n) is 14.3. The molecule has 1 aliphatic heterocycles. The van der Waals surface area contributed by atoms with Crippen molar-refractivity contribution in [3.8, 4) is 0 Å². The van der Waals surface area contributed by atoms with E-state index in [-0.39, 0.29) is 17.6 Å². The van der Waals surface area contributed by atoms with Crippen LogP contribution in [0.5, 0.6) is 0 Å². The molecule has 2 aliphatic rings. The Kier molecular flexibility index (Phi) is 4.88. The summed E-state index contributed by atoms with van der Waals surface area (Å²) in [6, 6.07) is 6.42. The first-order chi connectivity index (χ1) is 11.5. The fraction of sp³-hybridized carbons (Fsp3) is 0.579. The summed E-state index contributed by atoms with van der Waals surface area (Å²) < 4.78 is 13.3.